The van der Waals surface area contributed by atoms with E-state index in [4.69, 9.17) is 19.2 Å². The van der Waals surface area contributed by atoms with E-state index in [2.05, 4.69) is 19.9 Å². The molecule has 8 nitrogen and oxygen atoms in total. The lowest BCUT2D eigenvalue weighted by Crippen LogP contribution is -2.58. The number of hydrogen-bond donors (Lipinski definition) is 0. The average molecular weight is 563 g/mol. The van der Waals surface area contributed by atoms with E-state index >= 15 is 0 Å². The summed E-state index contributed by atoms with van der Waals surface area (Å²) in [6, 6.07) is 0. The third-order valence-electron chi connectivity index (χ3n) is 10.4. The number of hydrogen-bond acceptors (Lipinski definition) is 8. The minimum atomic E-state index is -1.41. The van der Waals surface area contributed by atoms with Crippen molar-refractivity contribution in [1.82, 2.24) is 0 Å². The van der Waals surface area contributed by atoms with E-state index in [9.17, 15) is 19.2 Å². The summed E-state index contributed by atoms with van der Waals surface area (Å²) in [5.41, 5.74) is -1.02. The molecule has 0 bridgehead atoms. The maximum atomic E-state index is 13.1. The van der Waals surface area contributed by atoms with E-state index in [-0.39, 0.29) is 35.4 Å². The van der Waals surface area contributed by atoms with Gasteiger partial charge in [-0.3, -0.25) is 14.4 Å². The Balaban J connectivity index is 1.98. The molecule has 1 unspecified atom stereocenters. The molecule has 0 saturated heterocycles. The Kier molecular flexibility index (Phi) is 10.8. The van der Waals surface area contributed by atoms with Gasteiger partial charge >= 0.3 is 11.9 Å². The summed E-state index contributed by atoms with van der Waals surface area (Å²) in [6.07, 6.45) is 8.67. The SMILES string of the molecule is COC(=O)[C@H](C)[C@@H]1CC[C@@H](C)[C@@H]2CC[C@@](C)(OOC3(C=O)[C@@H](CCC(C)=O)[C@H](C)CC[C@H]3[C@@H](C)C(=O)OC)C=C21. The summed E-state index contributed by atoms with van der Waals surface area (Å²) in [5.74, 6) is -1.17. The molecule has 8 heteroatoms. The second-order valence-corrected chi connectivity index (χ2v) is 13.0. The third kappa shape index (κ3) is 6.53. The topological polar surface area (TPSA) is 105 Å². The predicted molar refractivity (Wildman–Crippen MR) is 150 cm³/mol. The van der Waals surface area contributed by atoms with Gasteiger partial charge in [0.2, 0.25) is 0 Å². The number of carbonyl (C=O) groups is 4. The molecule has 0 aromatic rings. The van der Waals surface area contributed by atoms with Crippen LogP contribution in [-0.2, 0) is 38.4 Å². The van der Waals surface area contributed by atoms with Gasteiger partial charge in [0.05, 0.1) is 26.1 Å². The lowest BCUT2D eigenvalue weighted by Gasteiger charge is -2.50. The Morgan fingerprint density at radius 3 is 2.17 bits per heavy atom. The van der Waals surface area contributed by atoms with Crippen LogP contribution >= 0.6 is 0 Å². The number of carbonyl (C=O) groups excluding carboxylic acids is 4. The van der Waals surface area contributed by atoms with E-state index in [1.807, 2.05) is 13.8 Å². The first-order valence-electron chi connectivity index (χ1n) is 15.0. The molecular weight excluding hydrogens is 512 g/mol. The zero-order valence-electron chi connectivity index (χ0n) is 25.7. The van der Waals surface area contributed by atoms with Crippen LogP contribution in [0.3, 0.4) is 0 Å². The van der Waals surface area contributed by atoms with Crippen LogP contribution in [0.1, 0.15) is 92.9 Å². The fourth-order valence-corrected chi connectivity index (χ4v) is 7.83. The van der Waals surface area contributed by atoms with E-state index in [1.165, 1.54) is 19.8 Å². The molecule has 2 saturated carbocycles. The number of methoxy groups -OCH3 is 2. The molecule has 0 amide bonds. The Bertz CT molecular complexity index is 974. The Morgan fingerprint density at radius 1 is 0.950 bits per heavy atom. The first-order chi connectivity index (χ1) is 18.8. The van der Waals surface area contributed by atoms with Gasteiger partial charge in [-0.2, -0.15) is 0 Å². The lowest BCUT2D eigenvalue weighted by molar-refractivity contribution is -0.416. The van der Waals surface area contributed by atoms with Crippen molar-refractivity contribution in [1.29, 1.82) is 0 Å². The number of esters is 2. The Labute approximate surface area is 239 Å². The second-order valence-electron chi connectivity index (χ2n) is 13.0. The van der Waals surface area contributed by atoms with Crippen molar-refractivity contribution in [2.24, 2.45) is 47.3 Å². The molecule has 0 spiro atoms. The van der Waals surface area contributed by atoms with Crippen molar-refractivity contribution < 1.29 is 38.4 Å². The predicted octanol–water partition coefficient (Wildman–Crippen LogP) is 5.66. The fourth-order valence-electron chi connectivity index (χ4n) is 7.83. The van der Waals surface area contributed by atoms with E-state index < -0.39 is 29.0 Å². The summed E-state index contributed by atoms with van der Waals surface area (Å²) in [7, 11) is 2.77. The number of allylic oxidation sites excluding steroid dienone is 1. The van der Waals surface area contributed by atoms with Gasteiger partial charge in [0.25, 0.3) is 0 Å². The largest absolute Gasteiger partial charge is 0.469 e. The lowest BCUT2D eigenvalue weighted by atomic mass is 9.60. The fraction of sp³-hybridized carbons (Fsp3) is 0.812. The van der Waals surface area contributed by atoms with Crippen molar-refractivity contribution in [3.8, 4) is 0 Å². The van der Waals surface area contributed by atoms with Crippen molar-refractivity contribution in [2.75, 3.05) is 14.2 Å². The molecule has 0 radical (unpaired) electrons. The maximum Gasteiger partial charge on any atom is 0.308 e. The standard InChI is InChI=1S/C32H50O8/c1-19-9-12-25(22(4)29(35)37-7)26-17-31(6,16-15-24(19)26)39-40-32(18-33)27(14-11-21(3)34)20(2)10-13-28(32)23(5)30(36)38-8/h17-20,22-25,27-28H,9-16H2,1-8H3/t19-,20-,22-,23-,24+,25+,27+,28+,31-,32?/m1/s1. The molecule has 0 aliphatic heterocycles. The van der Waals surface area contributed by atoms with Crippen LogP contribution in [0.2, 0.25) is 0 Å². The molecular formula is C32H50O8. The van der Waals surface area contributed by atoms with Crippen molar-refractivity contribution in [3.05, 3.63) is 11.6 Å². The zero-order chi connectivity index (χ0) is 29.8. The highest BCUT2D eigenvalue weighted by atomic mass is 17.2. The summed E-state index contributed by atoms with van der Waals surface area (Å²) in [4.78, 5) is 62.9. The number of ether oxygens (including phenoxy) is 2. The van der Waals surface area contributed by atoms with E-state index in [1.54, 1.807) is 13.8 Å². The summed E-state index contributed by atoms with van der Waals surface area (Å²) in [6.45, 7) is 11.5. The van der Waals surface area contributed by atoms with Gasteiger partial charge in [-0.25, -0.2) is 9.78 Å². The van der Waals surface area contributed by atoms with Gasteiger partial charge in [0.1, 0.15) is 11.4 Å². The summed E-state index contributed by atoms with van der Waals surface area (Å²) >= 11 is 0. The normalized spacial score (nSPS) is 37.4. The number of ketones is 1. The summed E-state index contributed by atoms with van der Waals surface area (Å²) < 4.78 is 10.1. The minimum absolute atomic E-state index is 0.0447. The number of aldehydes is 1. The van der Waals surface area contributed by atoms with Gasteiger partial charge < -0.3 is 14.3 Å². The molecule has 3 rings (SSSR count). The van der Waals surface area contributed by atoms with Crippen LogP contribution in [0.15, 0.2) is 11.6 Å². The van der Waals surface area contributed by atoms with Crippen LogP contribution in [-0.4, -0.2) is 49.4 Å². The first-order valence-corrected chi connectivity index (χ1v) is 15.0. The molecule has 3 aliphatic carbocycles. The highest BCUT2D eigenvalue weighted by Gasteiger charge is 2.56. The third-order valence-corrected chi connectivity index (χ3v) is 10.4. The molecule has 40 heavy (non-hydrogen) atoms. The van der Waals surface area contributed by atoms with Gasteiger partial charge in [-0.1, -0.05) is 39.3 Å². The number of fused-ring (bicyclic) bond motifs is 1. The molecule has 0 N–H and O–H groups in total. The van der Waals surface area contributed by atoms with Crippen molar-refractivity contribution >= 4 is 24.0 Å². The van der Waals surface area contributed by atoms with Crippen LogP contribution in [0.25, 0.3) is 0 Å². The maximum absolute atomic E-state index is 13.1. The molecule has 3 aliphatic rings. The smallest absolute Gasteiger partial charge is 0.308 e. The highest BCUT2D eigenvalue weighted by Crippen LogP contribution is 2.52. The molecule has 2 fully saturated rings. The minimum Gasteiger partial charge on any atom is -0.469 e. The Morgan fingerprint density at radius 2 is 1.57 bits per heavy atom. The molecule has 0 aromatic heterocycles. The van der Waals surface area contributed by atoms with Gasteiger partial charge in [-0.15, -0.1) is 0 Å². The second kappa shape index (κ2) is 13.3. The Hall–Kier alpha value is -2.06. The van der Waals surface area contributed by atoms with Gasteiger partial charge in [-0.05, 0) is 82.5 Å². The monoisotopic (exact) mass is 562 g/mol. The van der Waals surface area contributed by atoms with Crippen LogP contribution in [0, 0.1) is 47.3 Å². The van der Waals surface area contributed by atoms with Gasteiger partial charge in [0.15, 0.2) is 11.9 Å². The quantitative estimate of drug-likeness (QED) is 0.104. The highest BCUT2D eigenvalue weighted by molar-refractivity contribution is 5.76. The summed E-state index contributed by atoms with van der Waals surface area (Å²) in [5, 5.41) is 0. The van der Waals surface area contributed by atoms with Crippen molar-refractivity contribution in [2.45, 2.75) is 104 Å². The molecule has 10 atom stereocenters. The van der Waals surface area contributed by atoms with Crippen LogP contribution in [0.5, 0.6) is 0 Å². The van der Waals surface area contributed by atoms with E-state index in [0.29, 0.717) is 37.5 Å². The number of rotatable bonds is 11. The average Bonchev–Trinajstić information content (AvgIpc) is 2.93. The molecule has 0 aromatic carbocycles. The first kappa shape index (κ1) is 32.5. The molecule has 0 heterocycles. The zero-order valence-corrected chi connectivity index (χ0v) is 25.7. The van der Waals surface area contributed by atoms with Crippen LogP contribution < -0.4 is 0 Å². The van der Waals surface area contributed by atoms with Crippen molar-refractivity contribution in [3.63, 3.8) is 0 Å². The number of Topliss-reactive ketones (excluding diaryl/α,β-unsaturated/α-hetero) is 1. The van der Waals surface area contributed by atoms with E-state index in [0.717, 1.165) is 32.0 Å². The van der Waals surface area contributed by atoms with Crippen LogP contribution in [0.4, 0.5) is 0 Å². The van der Waals surface area contributed by atoms with Gasteiger partial charge in [0, 0.05) is 18.3 Å². The molecule has 226 valence electrons.